The number of benzene rings is 1. The highest BCUT2D eigenvalue weighted by atomic mass is 14.9. The molecule has 3 unspecified atom stereocenters. The number of hydrogen-bond donors (Lipinski definition) is 1. The third-order valence-corrected chi connectivity index (χ3v) is 5.57. The molecule has 1 aromatic carbocycles. The van der Waals surface area contributed by atoms with Crippen molar-refractivity contribution in [3.05, 3.63) is 35.4 Å². The van der Waals surface area contributed by atoms with Crippen molar-refractivity contribution in [2.45, 2.75) is 64.3 Å². The molecule has 1 heteroatoms. The molecule has 20 heavy (non-hydrogen) atoms. The van der Waals surface area contributed by atoms with E-state index in [1.54, 1.807) is 11.1 Å². The maximum Gasteiger partial charge on any atom is 0.00674 e. The topological polar surface area (TPSA) is 12.0 Å². The van der Waals surface area contributed by atoms with E-state index in [9.17, 15) is 0 Å². The van der Waals surface area contributed by atoms with Crippen LogP contribution in [0.25, 0.3) is 0 Å². The Morgan fingerprint density at radius 3 is 2.75 bits per heavy atom. The fourth-order valence-corrected chi connectivity index (χ4v) is 4.05. The Morgan fingerprint density at radius 1 is 1.10 bits per heavy atom. The van der Waals surface area contributed by atoms with Gasteiger partial charge in [-0.3, -0.25) is 0 Å². The van der Waals surface area contributed by atoms with Crippen molar-refractivity contribution in [2.24, 2.45) is 11.8 Å². The molecule has 1 N–H and O–H groups in total. The fraction of sp³-hybridized carbons (Fsp3) is 0.684. The van der Waals surface area contributed by atoms with Gasteiger partial charge in [-0.05, 0) is 48.6 Å². The molecule has 1 aromatic rings. The van der Waals surface area contributed by atoms with Crippen molar-refractivity contribution >= 4 is 0 Å². The second-order valence-corrected chi connectivity index (χ2v) is 7.22. The molecule has 110 valence electrons. The standard InChI is InChI=1S/C19H29N/c1-14(2)15-7-5-8-18(11-10-15)20-13-17-12-16-6-3-4-9-19(16)17/h3-4,6,9,14-15,17-18,20H,5,7-8,10-13H2,1-2H3. The summed E-state index contributed by atoms with van der Waals surface area (Å²) >= 11 is 0. The summed E-state index contributed by atoms with van der Waals surface area (Å²) in [5.41, 5.74) is 3.16. The van der Waals surface area contributed by atoms with Gasteiger partial charge >= 0.3 is 0 Å². The van der Waals surface area contributed by atoms with Gasteiger partial charge in [-0.1, -0.05) is 51.0 Å². The maximum absolute atomic E-state index is 3.86. The largest absolute Gasteiger partial charge is 0.313 e. The molecule has 0 radical (unpaired) electrons. The summed E-state index contributed by atoms with van der Waals surface area (Å²) in [4.78, 5) is 0. The average molecular weight is 271 g/mol. The van der Waals surface area contributed by atoms with E-state index in [-0.39, 0.29) is 0 Å². The normalized spacial score (nSPS) is 29.6. The lowest BCUT2D eigenvalue weighted by Gasteiger charge is -2.32. The molecule has 1 nitrogen and oxygen atoms in total. The van der Waals surface area contributed by atoms with Crippen molar-refractivity contribution in [3.63, 3.8) is 0 Å². The molecular weight excluding hydrogens is 242 g/mol. The Labute approximate surface area is 124 Å². The summed E-state index contributed by atoms with van der Waals surface area (Å²) in [5.74, 6) is 2.61. The highest BCUT2D eigenvalue weighted by Crippen LogP contribution is 2.35. The van der Waals surface area contributed by atoms with Crippen LogP contribution >= 0.6 is 0 Å². The van der Waals surface area contributed by atoms with E-state index in [4.69, 9.17) is 0 Å². The predicted molar refractivity (Wildman–Crippen MR) is 86.1 cm³/mol. The van der Waals surface area contributed by atoms with E-state index in [1.807, 2.05) is 0 Å². The highest BCUT2D eigenvalue weighted by molar-refractivity contribution is 5.40. The summed E-state index contributed by atoms with van der Waals surface area (Å²) in [5, 5.41) is 3.86. The Balaban J connectivity index is 1.46. The molecule has 2 aliphatic rings. The van der Waals surface area contributed by atoms with Crippen LogP contribution in [0.1, 0.15) is 63.0 Å². The Bertz CT molecular complexity index is 437. The van der Waals surface area contributed by atoms with Crippen LogP contribution in [0.15, 0.2) is 24.3 Å². The minimum Gasteiger partial charge on any atom is -0.313 e. The van der Waals surface area contributed by atoms with Crippen molar-refractivity contribution < 1.29 is 0 Å². The molecule has 3 rings (SSSR count). The van der Waals surface area contributed by atoms with Gasteiger partial charge in [0, 0.05) is 18.5 Å². The van der Waals surface area contributed by atoms with Crippen LogP contribution in [-0.4, -0.2) is 12.6 Å². The van der Waals surface area contributed by atoms with Crippen LogP contribution in [0.4, 0.5) is 0 Å². The van der Waals surface area contributed by atoms with E-state index in [2.05, 4.69) is 43.4 Å². The number of rotatable bonds is 4. The smallest absolute Gasteiger partial charge is 0.00674 e. The van der Waals surface area contributed by atoms with Crippen LogP contribution < -0.4 is 5.32 Å². The van der Waals surface area contributed by atoms with Gasteiger partial charge in [0.1, 0.15) is 0 Å². The van der Waals surface area contributed by atoms with E-state index in [1.165, 1.54) is 45.1 Å². The van der Waals surface area contributed by atoms with Gasteiger partial charge in [0.15, 0.2) is 0 Å². The van der Waals surface area contributed by atoms with Crippen molar-refractivity contribution in [1.82, 2.24) is 5.32 Å². The van der Waals surface area contributed by atoms with Gasteiger partial charge in [-0.15, -0.1) is 0 Å². The first kappa shape index (κ1) is 14.1. The van der Waals surface area contributed by atoms with E-state index < -0.39 is 0 Å². The molecule has 0 spiro atoms. The molecule has 0 heterocycles. The number of fused-ring (bicyclic) bond motifs is 1. The lowest BCUT2D eigenvalue weighted by Crippen LogP contribution is -2.35. The van der Waals surface area contributed by atoms with Crippen LogP contribution in [-0.2, 0) is 6.42 Å². The van der Waals surface area contributed by atoms with Crippen molar-refractivity contribution in [3.8, 4) is 0 Å². The minimum absolute atomic E-state index is 0.770. The lowest BCUT2D eigenvalue weighted by molar-refractivity contribution is 0.336. The van der Waals surface area contributed by atoms with Gasteiger partial charge in [0.05, 0.1) is 0 Å². The SMILES string of the molecule is CC(C)C1CCCC(NCC2Cc3ccccc32)CC1. The van der Waals surface area contributed by atoms with Gasteiger partial charge in [0.25, 0.3) is 0 Å². The first-order chi connectivity index (χ1) is 9.74. The predicted octanol–water partition coefficient (Wildman–Crippen LogP) is 4.52. The zero-order valence-corrected chi connectivity index (χ0v) is 13.1. The molecule has 1 fully saturated rings. The zero-order chi connectivity index (χ0) is 13.9. The van der Waals surface area contributed by atoms with E-state index in [0.29, 0.717) is 0 Å². The Morgan fingerprint density at radius 2 is 1.95 bits per heavy atom. The highest BCUT2D eigenvalue weighted by Gasteiger charge is 2.26. The third kappa shape index (κ3) is 3.09. The molecule has 3 atom stereocenters. The first-order valence-electron chi connectivity index (χ1n) is 8.55. The van der Waals surface area contributed by atoms with Crippen molar-refractivity contribution in [2.75, 3.05) is 6.54 Å². The van der Waals surface area contributed by atoms with Gasteiger partial charge in [-0.25, -0.2) is 0 Å². The number of nitrogens with one attached hydrogen (secondary N) is 1. The second kappa shape index (κ2) is 6.30. The van der Waals surface area contributed by atoms with Crippen LogP contribution in [0.5, 0.6) is 0 Å². The van der Waals surface area contributed by atoms with Gasteiger partial charge in [0.2, 0.25) is 0 Å². The number of hydrogen-bond acceptors (Lipinski definition) is 1. The Kier molecular flexibility index (Phi) is 4.45. The van der Waals surface area contributed by atoms with Crippen LogP contribution in [0, 0.1) is 11.8 Å². The minimum atomic E-state index is 0.770. The summed E-state index contributed by atoms with van der Waals surface area (Å²) in [6.45, 7) is 5.97. The fourth-order valence-electron chi connectivity index (χ4n) is 4.05. The average Bonchev–Trinajstić information content (AvgIpc) is 2.65. The third-order valence-electron chi connectivity index (χ3n) is 5.57. The van der Waals surface area contributed by atoms with Gasteiger partial charge < -0.3 is 5.32 Å². The zero-order valence-electron chi connectivity index (χ0n) is 13.1. The first-order valence-corrected chi connectivity index (χ1v) is 8.55. The molecule has 1 saturated carbocycles. The molecule has 0 aliphatic heterocycles. The van der Waals surface area contributed by atoms with Crippen molar-refractivity contribution in [1.29, 1.82) is 0 Å². The van der Waals surface area contributed by atoms with E-state index in [0.717, 1.165) is 23.8 Å². The molecule has 0 bridgehead atoms. The molecule has 2 aliphatic carbocycles. The molecule has 0 saturated heterocycles. The van der Waals surface area contributed by atoms with Crippen LogP contribution in [0.2, 0.25) is 0 Å². The Hall–Kier alpha value is -0.820. The summed E-state index contributed by atoms with van der Waals surface area (Å²) in [6.07, 6.45) is 8.35. The summed E-state index contributed by atoms with van der Waals surface area (Å²) in [6, 6.07) is 9.72. The maximum atomic E-state index is 3.86. The van der Waals surface area contributed by atoms with Gasteiger partial charge in [-0.2, -0.15) is 0 Å². The molecular formula is C19H29N. The summed E-state index contributed by atoms with van der Waals surface area (Å²) < 4.78 is 0. The monoisotopic (exact) mass is 271 g/mol. The van der Waals surface area contributed by atoms with Crippen LogP contribution in [0.3, 0.4) is 0 Å². The molecule has 0 amide bonds. The molecule has 0 aromatic heterocycles. The van der Waals surface area contributed by atoms with E-state index >= 15 is 0 Å². The quantitative estimate of drug-likeness (QED) is 0.794. The summed E-state index contributed by atoms with van der Waals surface area (Å²) in [7, 11) is 0. The lowest BCUT2D eigenvalue weighted by atomic mass is 9.77. The second-order valence-electron chi connectivity index (χ2n) is 7.22.